The van der Waals surface area contributed by atoms with Gasteiger partial charge in [0.25, 0.3) is 0 Å². The van der Waals surface area contributed by atoms with Crippen molar-refractivity contribution in [3.05, 3.63) is 90.0 Å². The maximum atomic E-state index is 6.63. The second kappa shape index (κ2) is 8.48. The van der Waals surface area contributed by atoms with Crippen LogP contribution in [0, 0.1) is 5.41 Å². The highest BCUT2D eigenvalue weighted by atomic mass is 35.5. The Labute approximate surface area is 177 Å². The van der Waals surface area contributed by atoms with E-state index in [0.717, 1.165) is 22.8 Å². The minimum Gasteiger partial charge on any atom is -0.497 e. The first kappa shape index (κ1) is 19.8. The summed E-state index contributed by atoms with van der Waals surface area (Å²) in [5.74, 6) is 2.78. The van der Waals surface area contributed by atoms with E-state index < -0.39 is 0 Å². The van der Waals surface area contributed by atoms with Gasteiger partial charge in [-0.25, -0.2) is 0 Å². The van der Waals surface area contributed by atoms with Gasteiger partial charge in [0.2, 0.25) is 0 Å². The van der Waals surface area contributed by atoms with Gasteiger partial charge in [0, 0.05) is 16.7 Å². The Bertz CT molecular complexity index is 942. The van der Waals surface area contributed by atoms with E-state index in [9.17, 15) is 0 Å². The minimum atomic E-state index is -0.0612. The molecule has 0 aliphatic heterocycles. The van der Waals surface area contributed by atoms with Gasteiger partial charge in [0.1, 0.15) is 17.2 Å². The zero-order valence-electron chi connectivity index (χ0n) is 16.7. The number of ether oxygens (including phenoxy) is 3. The van der Waals surface area contributed by atoms with Crippen molar-refractivity contribution in [3.8, 4) is 17.2 Å². The molecule has 3 atom stereocenters. The summed E-state index contributed by atoms with van der Waals surface area (Å²) in [6.45, 7) is 3.33. The standard InChI is InChI=1S/C25H25ClO3/c1-25(23(24(25)26)19-11-13-20(27-2)14-12-19)17-28-16-18-7-6-10-22(15-18)29-21-8-4-3-5-9-21/h3-15,23-24H,16-17H2,1-2H3/t23-,24+,25+/m0/s1. The maximum Gasteiger partial charge on any atom is 0.127 e. The molecule has 0 bridgehead atoms. The third-order valence-electron chi connectivity index (χ3n) is 5.56. The van der Waals surface area contributed by atoms with E-state index in [-0.39, 0.29) is 10.8 Å². The van der Waals surface area contributed by atoms with Crippen molar-refractivity contribution in [2.75, 3.05) is 13.7 Å². The van der Waals surface area contributed by atoms with Gasteiger partial charge in [-0.1, -0.05) is 49.4 Å². The average Bonchev–Trinajstić information content (AvgIpc) is 3.29. The SMILES string of the molecule is COc1ccc([C@H]2[C@@H](Cl)[C@]2(C)COCc2cccc(Oc3ccccc3)c2)cc1. The number of rotatable bonds is 8. The van der Waals surface area contributed by atoms with Crippen molar-refractivity contribution < 1.29 is 14.2 Å². The van der Waals surface area contributed by atoms with Gasteiger partial charge in [0.05, 0.1) is 20.3 Å². The summed E-state index contributed by atoms with van der Waals surface area (Å²) >= 11 is 6.63. The van der Waals surface area contributed by atoms with Crippen LogP contribution < -0.4 is 9.47 Å². The van der Waals surface area contributed by atoms with E-state index in [2.05, 4.69) is 19.1 Å². The molecule has 0 aromatic heterocycles. The molecule has 0 saturated heterocycles. The molecule has 3 nitrogen and oxygen atoms in total. The van der Waals surface area contributed by atoms with Crippen molar-refractivity contribution >= 4 is 11.6 Å². The Morgan fingerprint density at radius 1 is 0.862 bits per heavy atom. The van der Waals surface area contributed by atoms with E-state index in [1.807, 2.05) is 66.7 Å². The summed E-state index contributed by atoms with van der Waals surface area (Å²) in [5.41, 5.74) is 2.25. The van der Waals surface area contributed by atoms with Crippen LogP contribution in [0.3, 0.4) is 0 Å². The van der Waals surface area contributed by atoms with Gasteiger partial charge in [-0.05, 0) is 47.5 Å². The van der Waals surface area contributed by atoms with Gasteiger partial charge in [0.15, 0.2) is 0 Å². The van der Waals surface area contributed by atoms with E-state index in [4.69, 9.17) is 25.8 Å². The third-order valence-corrected chi connectivity index (χ3v) is 6.31. The fraction of sp³-hybridized carbons (Fsp3) is 0.280. The molecule has 29 heavy (non-hydrogen) atoms. The second-order valence-electron chi connectivity index (χ2n) is 7.71. The van der Waals surface area contributed by atoms with Crippen LogP contribution in [-0.2, 0) is 11.3 Å². The summed E-state index contributed by atoms with van der Waals surface area (Å²) in [5, 5.41) is 0.0728. The Morgan fingerprint density at radius 3 is 2.31 bits per heavy atom. The molecule has 0 unspecified atom stereocenters. The molecule has 3 aromatic carbocycles. The summed E-state index contributed by atoms with van der Waals surface area (Å²) in [7, 11) is 1.67. The minimum absolute atomic E-state index is 0.0612. The van der Waals surface area contributed by atoms with Crippen molar-refractivity contribution in [2.24, 2.45) is 5.41 Å². The molecule has 0 heterocycles. The average molecular weight is 409 g/mol. The van der Waals surface area contributed by atoms with Crippen LogP contribution >= 0.6 is 11.6 Å². The third kappa shape index (κ3) is 4.42. The van der Waals surface area contributed by atoms with E-state index >= 15 is 0 Å². The highest BCUT2D eigenvalue weighted by molar-refractivity contribution is 6.24. The molecule has 4 heteroatoms. The van der Waals surface area contributed by atoms with Crippen molar-refractivity contribution in [3.63, 3.8) is 0 Å². The largest absolute Gasteiger partial charge is 0.497 e. The van der Waals surface area contributed by atoms with E-state index in [0.29, 0.717) is 19.1 Å². The van der Waals surface area contributed by atoms with E-state index in [1.54, 1.807) is 7.11 Å². The van der Waals surface area contributed by atoms with Crippen LogP contribution in [0.15, 0.2) is 78.9 Å². The molecule has 1 saturated carbocycles. The summed E-state index contributed by atoms with van der Waals surface area (Å²) in [6, 6.07) is 25.9. The Hall–Kier alpha value is -2.49. The number of methoxy groups -OCH3 is 1. The summed E-state index contributed by atoms with van der Waals surface area (Å²) in [4.78, 5) is 0. The predicted octanol–water partition coefficient (Wildman–Crippen LogP) is 6.42. The highest BCUT2D eigenvalue weighted by Crippen LogP contribution is 2.62. The monoisotopic (exact) mass is 408 g/mol. The topological polar surface area (TPSA) is 27.7 Å². The molecule has 4 rings (SSSR count). The second-order valence-corrected chi connectivity index (χ2v) is 8.18. The molecular formula is C25H25ClO3. The molecular weight excluding hydrogens is 384 g/mol. The first-order valence-corrected chi connectivity index (χ1v) is 10.2. The van der Waals surface area contributed by atoms with Crippen LogP contribution in [-0.4, -0.2) is 19.1 Å². The number of para-hydroxylation sites is 1. The summed E-state index contributed by atoms with van der Waals surface area (Å²) < 4.78 is 17.2. The van der Waals surface area contributed by atoms with Crippen LogP contribution in [0.2, 0.25) is 0 Å². The Morgan fingerprint density at radius 2 is 1.59 bits per heavy atom. The van der Waals surface area contributed by atoms with Gasteiger partial charge in [-0.3, -0.25) is 0 Å². The molecule has 1 fully saturated rings. The highest BCUT2D eigenvalue weighted by Gasteiger charge is 2.61. The van der Waals surface area contributed by atoms with Gasteiger partial charge < -0.3 is 14.2 Å². The number of alkyl halides is 1. The smallest absolute Gasteiger partial charge is 0.127 e. The lowest BCUT2D eigenvalue weighted by molar-refractivity contribution is 0.0823. The van der Waals surface area contributed by atoms with Crippen molar-refractivity contribution in [1.29, 1.82) is 0 Å². The van der Waals surface area contributed by atoms with E-state index in [1.165, 1.54) is 5.56 Å². The lowest BCUT2D eigenvalue weighted by Crippen LogP contribution is -2.10. The van der Waals surface area contributed by atoms with Crippen LogP contribution in [0.1, 0.15) is 24.0 Å². The van der Waals surface area contributed by atoms with Gasteiger partial charge in [-0.15, -0.1) is 11.6 Å². The fourth-order valence-corrected chi connectivity index (χ4v) is 4.31. The van der Waals surface area contributed by atoms with Crippen molar-refractivity contribution in [2.45, 2.75) is 24.8 Å². The van der Waals surface area contributed by atoms with Crippen LogP contribution in [0.5, 0.6) is 17.2 Å². The number of hydrogen-bond acceptors (Lipinski definition) is 3. The molecule has 1 aliphatic rings. The molecule has 150 valence electrons. The molecule has 3 aromatic rings. The molecule has 0 spiro atoms. The fourth-order valence-electron chi connectivity index (χ4n) is 3.75. The van der Waals surface area contributed by atoms with Gasteiger partial charge >= 0.3 is 0 Å². The zero-order valence-corrected chi connectivity index (χ0v) is 17.4. The molecule has 0 N–H and O–H groups in total. The normalized spacial score (nSPS) is 22.9. The maximum absolute atomic E-state index is 6.63. The number of hydrogen-bond donors (Lipinski definition) is 0. The summed E-state index contributed by atoms with van der Waals surface area (Å²) in [6.07, 6.45) is 0. The lowest BCUT2D eigenvalue weighted by atomic mass is 10.0. The molecule has 0 radical (unpaired) electrons. The Balaban J connectivity index is 1.33. The first-order valence-electron chi connectivity index (χ1n) is 9.78. The first-order chi connectivity index (χ1) is 14.1. The number of benzene rings is 3. The number of halogens is 1. The van der Waals surface area contributed by atoms with Gasteiger partial charge in [-0.2, -0.15) is 0 Å². The predicted molar refractivity (Wildman–Crippen MR) is 116 cm³/mol. The van der Waals surface area contributed by atoms with Crippen LogP contribution in [0.25, 0.3) is 0 Å². The lowest BCUT2D eigenvalue weighted by Gasteiger charge is -2.13. The Kier molecular flexibility index (Phi) is 5.79. The molecule has 1 aliphatic carbocycles. The van der Waals surface area contributed by atoms with Crippen molar-refractivity contribution in [1.82, 2.24) is 0 Å². The zero-order chi connectivity index (χ0) is 20.3. The molecule has 0 amide bonds. The quantitative estimate of drug-likeness (QED) is 0.403. The van der Waals surface area contributed by atoms with Crippen LogP contribution in [0.4, 0.5) is 0 Å².